The fourth-order valence-electron chi connectivity index (χ4n) is 11.0. The first-order chi connectivity index (χ1) is 48.5. The van der Waals surface area contributed by atoms with Gasteiger partial charge in [0.05, 0.1) is 35.8 Å². The highest BCUT2D eigenvalue weighted by Crippen LogP contribution is 2.45. The van der Waals surface area contributed by atoms with Crippen LogP contribution in [0.15, 0.2) is 67.3 Å². The Labute approximate surface area is 603 Å². The van der Waals surface area contributed by atoms with E-state index in [2.05, 4.69) is 43.8 Å². The molecule has 3 aliphatic heterocycles. The fourth-order valence-corrected chi connectivity index (χ4v) is 11.6. The molecule has 0 radical (unpaired) electrons. The number of ether oxygens (including phenoxy) is 7. The molecule has 2 aromatic carbocycles. The quantitative estimate of drug-likeness (QED) is 0.0150. The van der Waals surface area contributed by atoms with Crippen molar-refractivity contribution in [3.63, 3.8) is 0 Å². The average molecular weight is 1490 g/mol. The lowest BCUT2D eigenvalue weighted by Gasteiger charge is -2.39. The lowest BCUT2D eigenvalue weighted by molar-refractivity contribution is -0.288. The van der Waals surface area contributed by atoms with Crippen molar-refractivity contribution in [3.8, 4) is 5.75 Å². The molecule has 103 heavy (non-hydrogen) atoms. The van der Waals surface area contributed by atoms with Gasteiger partial charge >= 0.3 is 17.9 Å². The molecule has 11 N–H and O–H groups in total. The van der Waals surface area contributed by atoms with Gasteiger partial charge in [0.2, 0.25) is 47.3 Å². The van der Waals surface area contributed by atoms with E-state index < -0.39 is 204 Å². The largest absolute Gasteiger partial charge is 0.495 e. The van der Waals surface area contributed by atoms with Gasteiger partial charge in [0.15, 0.2) is 12.4 Å². The third-order valence-corrected chi connectivity index (χ3v) is 18.2. The van der Waals surface area contributed by atoms with E-state index in [0.29, 0.717) is 22.4 Å². The number of hydrogen-bond acceptors (Lipinski definition) is 23. The van der Waals surface area contributed by atoms with Crippen molar-refractivity contribution in [2.75, 3.05) is 59.3 Å². The van der Waals surface area contributed by atoms with E-state index in [-0.39, 0.29) is 82.4 Å². The first-order valence-electron chi connectivity index (χ1n) is 33.9. The summed E-state index contributed by atoms with van der Waals surface area (Å²) in [6.45, 7) is 13.5. The Morgan fingerprint density at radius 1 is 0.816 bits per heavy atom. The molecule has 34 heteroatoms. The summed E-state index contributed by atoms with van der Waals surface area (Å²) >= 11 is 6.40. The minimum absolute atomic E-state index is 0.00276. The maximum absolute atomic E-state index is 14.2. The van der Waals surface area contributed by atoms with Crippen LogP contribution in [0, 0.1) is 23.2 Å². The third kappa shape index (κ3) is 28.1. The molecule has 0 saturated carbocycles. The normalized spacial score (nSPS) is 23.5. The standard InChI is InChI=1S/C69H99ClN8O24S/c1-11-30-98-56(84)26-29-78(55(83)24-23-51(79)71-27-31-103(93,94)95)28-25-54(82)77-57(39(4)5)65(90)76-45(20-22-52(80)72-36-50-58(85)59(86)60(87)67(97-10)100-50)63(88)73-35-41-15-18-43(19-16-41)62-61(102-62)40(6)47-13-12-14-53(81)75-46(34-42-17-21-48(96-9)44(70)33-42)64(89)74-37-69(7,8)68(92)101-49(32-38(2)3)66(91)99-47/h11-12,14-19,21,33,38-40,45-47,49-50,57-62,67,85-87H,1,13,20,22-32,34-37H2,2-10H3,(H,71,79)(H,72,80)(H,73,88)(H,74,89)(H,75,81)(H,76,90)(H,77,82)(H,93,94,95)/b14-12-/t40-,45-,46+,47-,49-,50+,57-,58+,59-,60+,61+,62+,67+/m0/s1. The van der Waals surface area contributed by atoms with Gasteiger partial charge in [-0.25, -0.2) is 4.79 Å². The number of benzene rings is 2. The molecular formula is C69H99ClN8O24S. The molecule has 3 aliphatic rings. The third-order valence-electron chi connectivity index (χ3n) is 17.2. The summed E-state index contributed by atoms with van der Waals surface area (Å²) in [5.41, 5.74) is 0.533. The highest BCUT2D eigenvalue weighted by molar-refractivity contribution is 7.85. The Bertz CT molecular complexity index is 3430. The number of cyclic esters (lactones) is 2. The van der Waals surface area contributed by atoms with E-state index in [9.17, 15) is 76.5 Å². The van der Waals surface area contributed by atoms with E-state index in [1.165, 1.54) is 32.4 Å². The highest BCUT2D eigenvalue weighted by atomic mass is 35.5. The topological polar surface area (TPSA) is 458 Å². The number of halogens is 1. The van der Waals surface area contributed by atoms with E-state index in [1.807, 2.05) is 13.8 Å². The van der Waals surface area contributed by atoms with Crippen LogP contribution in [0.5, 0.6) is 5.75 Å². The summed E-state index contributed by atoms with van der Waals surface area (Å²) in [5.74, 6) is -9.59. The number of carbonyl (C=O) groups is 11. The SMILES string of the molecule is C=CCOC(=O)CCN(CCC(=O)N[C@H](C(=O)N[C@@H](CCC(=O)NC[C@H]1O[C@@H](OC)[C@H](O)[C@@H](O)[C@@H]1O)C(=O)NCc1ccc([C@H]2O[C@@H]2[C@@H](C)[C@@H]2C/C=C\C(=O)N[C@H](Cc3ccc(OC)c(Cl)c3)C(=O)NCC(C)(C)C(=O)O[C@@H](CC(C)C)C(=O)O2)cc1)C(C)C)C(=O)CCC(=O)NCCS(=O)(=O)O. The van der Waals surface area contributed by atoms with E-state index in [0.717, 1.165) is 4.90 Å². The molecule has 2 aromatic rings. The van der Waals surface area contributed by atoms with Crippen LogP contribution in [-0.2, 0) is 104 Å². The van der Waals surface area contributed by atoms with Crippen LogP contribution in [0.2, 0.25) is 5.02 Å². The van der Waals surface area contributed by atoms with Crippen LogP contribution in [0.25, 0.3) is 0 Å². The van der Waals surface area contributed by atoms with Gasteiger partial charge in [0.1, 0.15) is 67.1 Å². The molecule has 0 aliphatic carbocycles. The second-order valence-corrected chi connectivity index (χ2v) is 28.7. The second kappa shape index (κ2) is 40.8. The molecule has 0 spiro atoms. The van der Waals surface area contributed by atoms with Gasteiger partial charge in [-0.1, -0.05) is 95.3 Å². The predicted octanol–water partition coefficient (Wildman–Crippen LogP) is 0.839. The average Bonchev–Trinajstić information content (AvgIpc) is 1.63. The number of hydrogen-bond donors (Lipinski definition) is 11. The van der Waals surface area contributed by atoms with E-state index in [1.54, 1.807) is 77.1 Å². The van der Waals surface area contributed by atoms with Crippen LogP contribution in [0.1, 0.15) is 123 Å². The van der Waals surface area contributed by atoms with E-state index in [4.69, 9.17) is 49.3 Å². The van der Waals surface area contributed by atoms with Crippen molar-refractivity contribution in [3.05, 3.63) is 89.0 Å². The molecular weight excluding hydrogens is 1390 g/mol. The Hall–Kier alpha value is -8.15. The maximum atomic E-state index is 14.2. The molecule has 2 saturated heterocycles. The summed E-state index contributed by atoms with van der Waals surface area (Å²) in [6, 6.07) is 8.01. The lowest BCUT2D eigenvalue weighted by atomic mass is 9.92. The summed E-state index contributed by atoms with van der Waals surface area (Å²) in [7, 11) is -1.72. The van der Waals surface area contributed by atoms with Crippen LogP contribution < -0.4 is 42.0 Å². The maximum Gasteiger partial charge on any atom is 0.347 e. The summed E-state index contributed by atoms with van der Waals surface area (Å²) in [6.07, 6.45) is -8.94. The van der Waals surface area contributed by atoms with Crippen molar-refractivity contribution < 1.29 is 114 Å². The smallest absolute Gasteiger partial charge is 0.347 e. The minimum Gasteiger partial charge on any atom is -0.495 e. The van der Waals surface area contributed by atoms with Crippen molar-refractivity contribution in [1.82, 2.24) is 42.1 Å². The van der Waals surface area contributed by atoms with Crippen molar-refractivity contribution in [1.29, 1.82) is 0 Å². The number of esters is 3. The number of rotatable bonds is 35. The molecule has 8 amide bonds. The Kier molecular flexibility index (Phi) is 33.9. The zero-order valence-electron chi connectivity index (χ0n) is 59.3. The molecule has 0 aromatic heterocycles. The van der Waals surface area contributed by atoms with Crippen LogP contribution in [-0.4, -0.2) is 225 Å². The number of nitrogens with one attached hydrogen (secondary N) is 7. The van der Waals surface area contributed by atoms with Crippen molar-refractivity contribution >= 4 is 86.9 Å². The van der Waals surface area contributed by atoms with Gasteiger partial charge in [-0.3, -0.25) is 52.5 Å². The van der Waals surface area contributed by atoms with E-state index >= 15 is 0 Å². The molecule has 0 unspecified atom stereocenters. The molecule has 3 heterocycles. The number of epoxide rings is 1. The summed E-state index contributed by atoms with van der Waals surface area (Å²) < 4.78 is 70.2. The zero-order chi connectivity index (χ0) is 76.5. The first-order valence-corrected chi connectivity index (χ1v) is 35.9. The minimum atomic E-state index is -4.38. The van der Waals surface area contributed by atoms with Crippen molar-refractivity contribution in [2.45, 2.75) is 186 Å². The molecule has 13 atom stereocenters. The van der Waals surface area contributed by atoms with Gasteiger partial charge < -0.3 is 90.6 Å². The first kappa shape index (κ1) is 85.5. The summed E-state index contributed by atoms with van der Waals surface area (Å²) in [5, 5.41) is 49.8. The van der Waals surface area contributed by atoms with Crippen molar-refractivity contribution in [2.24, 2.45) is 23.2 Å². The Morgan fingerprint density at radius 3 is 2.14 bits per heavy atom. The monoisotopic (exact) mass is 1490 g/mol. The Balaban J connectivity index is 1.30. The summed E-state index contributed by atoms with van der Waals surface area (Å²) in [4.78, 5) is 150. The number of aliphatic hydroxyl groups excluding tert-OH is 3. The lowest BCUT2D eigenvalue weighted by Crippen LogP contribution is -2.60. The fraction of sp³-hybridized carbons (Fsp3) is 0.609. The number of carbonyl (C=O) groups excluding carboxylic acids is 11. The highest BCUT2D eigenvalue weighted by Gasteiger charge is 2.49. The molecule has 2 fully saturated rings. The molecule has 5 rings (SSSR count). The number of methoxy groups -OCH3 is 2. The molecule has 572 valence electrons. The van der Waals surface area contributed by atoms with Crippen LogP contribution in [0.4, 0.5) is 0 Å². The number of nitrogens with zero attached hydrogens (tertiary/aromatic N) is 1. The molecule has 32 nitrogen and oxygen atoms in total. The van der Waals surface area contributed by atoms with Gasteiger partial charge in [0.25, 0.3) is 10.1 Å². The predicted molar refractivity (Wildman–Crippen MR) is 369 cm³/mol. The molecule has 0 bridgehead atoms. The van der Waals surface area contributed by atoms with Crippen LogP contribution in [0.3, 0.4) is 0 Å². The van der Waals surface area contributed by atoms with Gasteiger partial charge in [-0.15, -0.1) is 0 Å². The second-order valence-electron chi connectivity index (χ2n) is 26.7. The Morgan fingerprint density at radius 2 is 1.50 bits per heavy atom. The number of aliphatic hydroxyl groups is 3. The van der Waals surface area contributed by atoms with Gasteiger partial charge in [0, 0.05) is 90.8 Å². The van der Waals surface area contributed by atoms with Gasteiger partial charge in [-0.2, -0.15) is 8.42 Å². The zero-order valence-corrected chi connectivity index (χ0v) is 60.9. The van der Waals surface area contributed by atoms with Gasteiger partial charge in [-0.05, 0) is 73.4 Å². The number of amides is 8. The van der Waals surface area contributed by atoms with Crippen LogP contribution >= 0.6 is 11.6 Å².